The number of nitrogens with one attached hydrogen (secondary N) is 1. The maximum atomic E-state index is 13.0. The molecular weight excluding hydrogens is 428 g/mol. The first-order valence-electron chi connectivity index (χ1n) is 9.69. The molecule has 0 atom stereocenters. The van der Waals surface area contributed by atoms with E-state index in [1.54, 1.807) is 30.3 Å². The maximum absolute atomic E-state index is 13.0. The van der Waals surface area contributed by atoms with Crippen molar-refractivity contribution in [3.63, 3.8) is 0 Å². The van der Waals surface area contributed by atoms with E-state index in [2.05, 4.69) is 5.32 Å². The number of carbonyl (C=O) groups excluding carboxylic acids is 1. The predicted molar refractivity (Wildman–Crippen MR) is 116 cm³/mol. The highest BCUT2D eigenvalue weighted by Gasteiger charge is 2.30. The molecule has 30 heavy (non-hydrogen) atoms. The number of nitrogens with zero attached hydrogens (tertiary/aromatic N) is 1. The van der Waals surface area contributed by atoms with Gasteiger partial charge in [-0.3, -0.25) is 4.79 Å². The summed E-state index contributed by atoms with van der Waals surface area (Å²) in [4.78, 5) is 12.8. The van der Waals surface area contributed by atoms with Crippen molar-refractivity contribution >= 4 is 33.2 Å². The van der Waals surface area contributed by atoms with E-state index < -0.39 is 15.9 Å². The molecule has 2 aromatic rings. The first-order chi connectivity index (χ1) is 14.3. The van der Waals surface area contributed by atoms with Gasteiger partial charge in [0.1, 0.15) is 5.75 Å². The van der Waals surface area contributed by atoms with E-state index in [9.17, 15) is 13.2 Å². The van der Waals surface area contributed by atoms with Gasteiger partial charge in [-0.2, -0.15) is 4.31 Å². The van der Waals surface area contributed by atoms with Crippen LogP contribution in [0.15, 0.2) is 47.4 Å². The van der Waals surface area contributed by atoms with Crippen molar-refractivity contribution in [2.75, 3.05) is 38.2 Å². The van der Waals surface area contributed by atoms with Gasteiger partial charge < -0.3 is 14.8 Å². The SMILES string of the molecule is CC(C)COc1ccc(NC(=O)c2ccccc2S(=O)(=O)N2CCOCC2)cc1Cl. The molecule has 1 saturated heterocycles. The summed E-state index contributed by atoms with van der Waals surface area (Å²) in [6.07, 6.45) is 0. The molecule has 1 aliphatic heterocycles. The Bertz CT molecular complexity index is 1000. The maximum Gasteiger partial charge on any atom is 0.257 e. The quantitative estimate of drug-likeness (QED) is 0.693. The summed E-state index contributed by atoms with van der Waals surface area (Å²) in [6.45, 7) is 5.76. The zero-order valence-corrected chi connectivity index (χ0v) is 18.5. The largest absolute Gasteiger partial charge is 0.492 e. The van der Waals surface area contributed by atoms with Crippen LogP contribution in [0.3, 0.4) is 0 Å². The summed E-state index contributed by atoms with van der Waals surface area (Å²) in [6, 6.07) is 11.1. The lowest BCUT2D eigenvalue weighted by atomic mass is 10.2. The Morgan fingerprint density at radius 1 is 1.20 bits per heavy atom. The molecule has 1 fully saturated rings. The Labute approximate surface area is 182 Å². The molecular formula is C21H25ClN2O5S. The van der Waals surface area contributed by atoms with Crippen molar-refractivity contribution < 1.29 is 22.7 Å². The van der Waals surface area contributed by atoms with Crippen molar-refractivity contribution in [2.24, 2.45) is 5.92 Å². The van der Waals surface area contributed by atoms with Crippen molar-refractivity contribution in [1.29, 1.82) is 0 Å². The first kappa shape index (κ1) is 22.6. The minimum atomic E-state index is -3.81. The van der Waals surface area contributed by atoms with Gasteiger partial charge in [0, 0.05) is 18.8 Å². The lowest BCUT2D eigenvalue weighted by Gasteiger charge is -2.26. The molecule has 0 aromatic heterocycles. The Hall–Kier alpha value is -2.13. The van der Waals surface area contributed by atoms with E-state index in [1.165, 1.54) is 16.4 Å². The van der Waals surface area contributed by atoms with Gasteiger partial charge in [-0.1, -0.05) is 37.6 Å². The molecule has 0 saturated carbocycles. The normalized spacial score (nSPS) is 15.2. The molecule has 1 amide bonds. The summed E-state index contributed by atoms with van der Waals surface area (Å²) in [7, 11) is -3.81. The summed E-state index contributed by atoms with van der Waals surface area (Å²) >= 11 is 6.26. The zero-order chi connectivity index (χ0) is 21.7. The zero-order valence-electron chi connectivity index (χ0n) is 16.9. The van der Waals surface area contributed by atoms with E-state index in [0.717, 1.165) is 0 Å². The second kappa shape index (κ2) is 9.78. The highest BCUT2D eigenvalue weighted by Crippen LogP contribution is 2.29. The second-order valence-corrected chi connectivity index (χ2v) is 9.63. The third-order valence-electron chi connectivity index (χ3n) is 4.48. The smallest absolute Gasteiger partial charge is 0.257 e. The molecule has 0 bridgehead atoms. The van der Waals surface area contributed by atoms with Crippen LogP contribution >= 0.6 is 11.6 Å². The van der Waals surface area contributed by atoms with Crippen LogP contribution in [0.2, 0.25) is 5.02 Å². The molecule has 3 rings (SSSR count). The molecule has 162 valence electrons. The average Bonchev–Trinajstić information content (AvgIpc) is 2.73. The minimum Gasteiger partial charge on any atom is -0.492 e. The molecule has 1 aliphatic rings. The van der Waals surface area contributed by atoms with Crippen molar-refractivity contribution in [3.8, 4) is 5.75 Å². The van der Waals surface area contributed by atoms with Crippen LogP contribution in [0, 0.1) is 5.92 Å². The van der Waals surface area contributed by atoms with E-state index in [1.807, 2.05) is 13.8 Å². The Balaban J connectivity index is 1.80. The summed E-state index contributed by atoms with van der Waals surface area (Å²) in [5.74, 6) is 0.346. The van der Waals surface area contributed by atoms with Crippen LogP contribution in [-0.2, 0) is 14.8 Å². The number of anilines is 1. The van der Waals surface area contributed by atoms with Gasteiger partial charge in [0.15, 0.2) is 0 Å². The van der Waals surface area contributed by atoms with E-state index in [4.69, 9.17) is 21.1 Å². The lowest BCUT2D eigenvalue weighted by Crippen LogP contribution is -2.41. The molecule has 1 N–H and O–H groups in total. The van der Waals surface area contributed by atoms with Crippen LogP contribution in [0.5, 0.6) is 5.75 Å². The summed E-state index contributed by atoms with van der Waals surface area (Å²) < 4.78 is 38.3. The predicted octanol–water partition coefficient (Wildman–Crippen LogP) is 3.65. The Morgan fingerprint density at radius 2 is 1.90 bits per heavy atom. The van der Waals surface area contributed by atoms with Crippen molar-refractivity contribution in [3.05, 3.63) is 53.1 Å². The number of morpholine rings is 1. The van der Waals surface area contributed by atoms with E-state index >= 15 is 0 Å². The highest BCUT2D eigenvalue weighted by atomic mass is 35.5. The van der Waals surface area contributed by atoms with Crippen LogP contribution < -0.4 is 10.1 Å². The van der Waals surface area contributed by atoms with Crippen LogP contribution in [0.1, 0.15) is 24.2 Å². The van der Waals surface area contributed by atoms with Gasteiger partial charge in [0.05, 0.1) is 35.3 Å². The molecule has 0 radical (unpaired) electrons. The van der Waals surface area contributed by atoms with Crippen LogP contribution in [-0.4, -0.2) is 51.5 Å². The first-order valence-corrected chi connectivity index (χ1v) is 11.5. The Morgan fingerprint density at radius 3 is 2.57 bits per heavy atom. The number of ether oxygens (including phenoxy) is 2. The average molecular weight is 453 g/mol. The summed E-state index contributed by atoms with van der Waals surface area (Å²) in [5.41, 5.74) is 0.515. The number of halogens is 1. The highest BCUT2D eigenvalue weighted by molar-refractivity contribution is 7.89. The van der Waals surface area contributed by atoms with Gasteiger partial charge in [0.25, 0.3) is 5.91 Å². The molecule has 9 heteroatoms. The van der Waals surface area contributed by atoms with E-state index in [0.29, 0.717) is 42.2 Å². The van der Waals surface area contributed by atoms with Crippen LogP contribution in [0.25, 0.3) is 0 Å². The number of amides is 1. The minimum absolute atomic E-state index is 0.0348. The van der Waals surface area contributed by atoms with Gasteiger partial charge in [-0.25, -0.2) is 8.42 Å². The topological polar surface area (TPSA) is 84.9 Å². The molecule has 0 unspecified atom stereocenters. The number of carbonyl (C=O) groups is 1. The summed E-state index contributed by atoms with van der Waals surface area (Å²) in [5, 5.41) is 3.08. The number of hydrogen-bond donors (Lipinski definition) is 1. The van der Waals surface area contributed by atoms with Gasteiger partial charge in [-0.05, 0) is 36.2 Å². The number of sulfonamides is 1. The fraction of sp³-hybridized carbons (Fsp3) is 0.381. The van der Waals surface area contributed by atoms with E-state index in [-0.39, 0.29) is 23.5 Å². The third-order valence-corrected chi connectivity index (χ3v) is 6.73. The number of rotatable bonds is 7. The second-order valence-electron chi connectivity index (χ2n) is 7.32. The van der Waals surface area contributed by atoms with Crippen molar-refractivity contribution in [1.82, 2.24) is 4.31 Å². The fourth-order valence-corrected chi connectivity index (χ4v) is 4.79. The van der Waals surface area contributed by atoms with Gasteiger partial charge >= 0.3 is 0 Å². The third kappa shape index (κ3) is 5.31. The fourth-order valence-electron chi connectivity index (χ4n) is 2.96. The Kier molecular flexibility index (Phi) is 7.36. The molecule has 1 heterocycles. The lowest BCUT2D eigenvalue weighted by molar-refractivity contribution is 0.0730. The van der Waals surface area contributed by atoms with Gasteiger partial charge in [0.2, 0.25) is 10.0 Å². The standard InChI is InChI=1S/C21H25ClN2O5S/c1-15(2)14-29-19-8-7-16(13-18(19)22)23-21(25)17-5-3-4-6-20(17)30(26,27)24-9-11-28-12-10-24/h3-8,13,15H,9-12,14H2,1-2H3,(H,23,25). The molecule has 0 spiro atoms. The van der Waals surface area contributed by atoms with Crippen molar-refractivity contribution in [2.45, 2.75) is 18.7 Å². The molecule has 0 aliphatic carbocycles. The number of hydrogen-bond acceptors (Lipinski definition) is 5. The monoisotopic (exact) mass is 452 g/mol. The molecule has 7 nitrogen and oxygen atoms in total. The molecule has 2 aromatic carbocycles. The number of benzene rings is 2. The van der Waals surface area contributed by atoms with Crippen LogP contribution in [0.4, 0.5) is 5.69 Å². The van der Waals surface area contributed by atoms with Gasteiger partial charge in [-0.15, -0.1) is 0 Å².